The Morgan fingerprint density at radius 2 is 2.00 bits per heavy atom. The van der Waals surface area contributed by atoms with Gasteiger partial charge >= 0.3 is 5.97 Å². The van der Waals surface area contributed by atoms with Crippen LogP contribution in [0, 0.1) is 6.92 Å². The Balaban J connectivity index is 2.67. The monoisotopic (exact) mass is 250 g/mol. The highest BCUT2D eigenvalue weighted by atomic mass is 16.6. The molecule has 0 saturated carbocycles. The summed E-state index contributed by atoms with van der Waals surface area (Å²) in [5.74, 6) is -0.0586. The number of carbonyl (C=O) groups is 2. The predicted octanol–water partition coefficient (Wildman–Crippen LogP) is 2.53. The number of hydrogen-bond donors (Lipinski definition) is 0. The molecule has 0 unspecified atom stereocenters. The average molecular weight is 250 g/mol. The number of carbonyl (C=O) groups excluding carboxylic acids is 2. The molecule has 0 aliphatic heterocycles. The molecule has 0 radical (unpaired) electrons. The average Bonchev–Trinajstić information content (AvgIpc) is 2.24. The Morgan fingerprint density at radius 1 is 1.33 bits per heavy atom. The van der Waals surface area contributed by atoms with Crippen molar-refractivity contribution in [2.24, 2.45) is 0 Å². The van der Waals surface area contributed by atoms with Crippen LogP contribution in [0.15, 0.2) is 18.2 Å². The van der Waals surface area contributed by atoms with Crippen molar-refractivity contribution in [3.63, 3.8) is 0 Å². The number of ether oxygens (including phenoxy) is 2. The summed E-state index contributed by atoms with van der Waals surface area (Å²) >= 11 is 0. The van der Waals surface area contributed by atoms with E-state index >= 15 is 0 Å². The van der Waals surface area contributed by atoms with Crippen molar-refractivity contribution in [1.29, 1.82) is 0 Å². The van der Waals surface area contributed by atoms with Gasteiger partial charge < -0.3 is 9.47 Å². The third kappa shape index (κ3) is 4.20. The minimum Gasteiger partial charge on any atom is -0.481 e. The van der Waals surface area contributed by atoms with Crippen LogP contribution in [0.5, 0.6) is 5.75 Å². The summed E-state index contributed by atoms with van der Waals surface area (Å²) in [6, 6.07) is 5.23. The van der Waals surface area contributed by atoms with Crippen molar-refractivity contribution >= 4 is 12.3 Å². The van der Waals surface area contributed by atoms with Crippen molar-refractivity contribution in [3.8, 4) is 5.75 Å². The fourth-order valence-corrected chi connectivity index (χ4v) is 1.44. The maximum absolute atomic E-state index is 11.5. The Labute approximate surface area is 107 Å². The predicted molar refractivity (Wildman–Crippen MR) is 67.9 cm³/mol. The van der Waals surface area contributed by atoms with Crippen molar-refractivity contribution in [1.82, 2.24) is 0 Å². The van der Waals surface area contributed by atoms with E-state index in [1.807, 2.05) is 13.0 Å². The zero-order valence-corrected chi connectivity index (χ0v) is 11.1. The quantitative estimate of drug-likeness (QED) is 0.608. The molecule has 0 amide bonds. The van der Waals surface area contributed by atoms with Crippen LogP contribution >= 0.6 is 0 Å². The highest BCUT2D eigenvalue weighted by molar-refractivity contribution is 5.82. The Morgan fingerprint density at radius 3 is 2.56 bits per heavy atom. The lowest BCUT2D eigenvalue weighted by Gasteiger charge is -2.19. The molecule has 1 aromatic carbocycles. The highest BCUT2D eigenvalue weighted by Crippen LogP contribution is 2.20. The van der Waals surface area contributed by atoms with Gasteiger partial charge in [-0.15, -0.1) is 0 Å². The SMILES string of the molecule is Cc1cccc(OCC(=O)OC(C)(C)C)c1C=O. The van der Waals surface area contributed by atoms with Gasteiger partial charge in [-0.1, -0.05) is 12.1 Å². The first-order valence-electron chi connectivity index (χ1n) is 5.73. The minimum atomic E-state index is -0.541. The third-order valence-electron chi connectivity index (χ3n) is 2.17. The molecule has 0 N–H and O–H groups in total. The summed E-state index contributed by atoms with van der Waals surface area (Å²) in [6.45, 7) is 6.96. The first kappa shape index (κ1) is 14.2. The number of aryl methyl sites for hydroxylation is 1. The smallest absolute Gasteiger partial charge is 0.344 e. The normalized spacial score (nSPS) is 10.9. The third-order valence-corrected chi connectivity index (χ3v) is 2.17. The second-order valence-electron chi connectivity index (χ2n) is 4.98. The van der Waals surface area contributed by atoms with Gasteiger partial charge in [0, 0.05) is 0 Å². The molecular formula is C14H18O4. The summed E-state index contributed by atoms with van der Waals surface area (Å²) in [5, 5.41) is 0. The zero-order chi connectivity index (χ0) is 13.8. The standard InChI is InChI=1S/C14H18O4/c1-10-6-5-7-12(11(10)8-15)17-9-13(16)18-14(2,3)4/h5-8H,9H2,1-4H3. The molecule has 0 aromatic heterocycles. The largest absolute Gasteiger partial charge is 0.481 e. The van der Waals surface area contributed by atoms with Gasteiger partial charge in [0.15, 0.2) is 12.9 Å². The van der Waals surface area contributed by atoms with Crippen LogP contribution in [0.25, 0.3) is 0 Å². The molecule has 1 aromatic rings. The Bertz CT molecular complexity index is 444. The molecule has 0 saturated heterocycles. The molecule has 18 heavy (non-hydrogen) atoms. The molecule has 1 rings (SSSR count). The van der Waals surface area contributed by atoms with E-state index in [1.54, 1.807) is 32.9 Å². The topological polar surface area (TPSA) is 52.6 Å². The molecule has 0 heterocycles. The molecule has 0 spiro atoms. The van der Waals surface area contributed by atoms with E-state index in [-0.39, 0.29) is 6.61 Å². The maximum Gasteiger partial charge on any atom is 0.344 e. The molecule has 4 nitrogen and oxygen atoms in total. The molecule has 0 atom stereocenters. The van der Waals surface area contributed by atoms with Crippen molar-refractivity contribution < 1.29 is 19.1 Å². The van der Waals surface area contributed by atoms with Crippen molar-refractivity contribution in [3.05, 3.63) is 29.3 Å². The van der Waals surface area contributed by atoms with Crippen LogP contribution in [-0.2, 0) is 9.53 Å². The summed E-state index contributed by atoms with van der Waals surface area (Å²) in [7, 11) is 0. The highest BCUT2D eigenvalue weighted by Gasteiger charge is 2.17. The summed E-state index contributed by atoms with van der Waals surface area (Å²) < 4.78 is 10.4. The van der Waals surface area contributed by atoms with Gasteiger partial charge in [-0.25, -0.2) is 4.79 Å². The van der Waals surface area contributed by atoms with E-state index in [9.17, 15) is 9.59 Å². The molecule has 4 heteroatoms. The minimum absolute atomic E-state index is 0.207. The molecule has 0 bridgehead atoms. The number of benzene rings is 1. The lowest BCUT2D eigenvalue weighted by atomic mass is 10.1. The summed E-state index contributed by atoms with van der Waals surface area (Å²) in [6.07, 6.45) is 0.722. The van der Waals surface area contributed by atoms with E-state index in [4.69, 9.17) is 9.47 Å². The molecule has 98 valence electrons. The first-order chi connectivity index (χ1) is 8.33. The van der Waals surface area contributed by atoms with Crippen LogP contribution in [0.2, 0.25) is 0 Å². The van der Waals surface area contributed by atoms with Crippen LogP contribution in [-0.4, -0.2) is 24.5 Å². The van der Waals surface area contributed by atoms with Crippen LogP contribution in [0.3, 0.4) is 0 Å². The lowest BCUT2D eigenvalue weighted by molar-refractivity contribution is -0.157. The van der Waals surface area contributed by atoms with Crippen molar-refractivity contribution in [2.45, 2.75) is 33.3 Å². The summed E-state index contributed by atoms with van der Waals surface area (Å²) in [5.41, 5.74) is 0.730. The number of rotatable bonds is 4. The van der Waals surface area contributed by atoms with Crippen LogP contribution < -0.4 is 4.74 Å². The molecular weight excluding hydrogens is 232 g/mol. The van der Waals surface area contributed by atoms with Gasteiger partial charge in [0.2, 0.25) is 0 Å². The van der Waals surface area contributed by atoms with E-state index in [0.29, 0.717) is 11.3 Å². The van der Waals surface area contributed by atoms with Gasteiger partial charge in [-0.05, 0) is 39.3 Å². The lowest BCUT2D eigenvalue weighted by Crippen LogP contribution is -2.27. The molecule has 0 aliphatic rings. The van der Waals surface area contributed by atoms with E-state index in [0.717, 1.165) is 11.8 Å². The van der Waals surface area contributed by atoms with E-state index < -0.39 is 11.6 Å². The molecule has 0 aliphatic carbocycles. The van der Waals surface area contributed by atoms with Crippen LogP contribution in [0.1, 0.15) is 36.7 Å². The van der Waals surface area contributed by atoms with Gasteiger partial charge in [0.1, 0.15) is 11.4 Å². The Hall–Kier alpha value is -1.84. The zero-order valence-electron chi connectivity index (χ0n) is 11.1. The van der Waals surface area contributed by atoms with Crippen LogP contribution in [0.4, 0.5) is 0 Å². The fraction of sp³-hybridized carbons (Fsp3) is 0.429. The first-order valence-corrected chi connectivity index (χ1v) is 5.73. The summed E-state index contributed by atoms with van der Waals surface area (Å²) in [4.78, 5) is 22.4. The van der Waals surface area contributed by atoms with Gasteiger partial charge in [-0.3, -0.25) is 4.79 Å². The van der Waals surface area contributed by atoms with Crippen molar-refractivity contribution in [2.75, 3.05) is 6.61 Å². The van der Waals surface area contributed by atoms with Gasteiger partial charge in [-0.2, -0.15) is 0 Å². The number of hydrogen-bond acceptors (Lipinski definition) is 4. The fourth-order valence-electron chi connectivity index (χ4n) is 1.44. The Kier molecular flexibility index (Phi) is 4.48. The number of aldehydes is 1. The number of esters is 1. The second kappa shape index (κ2) is 5.67. The van der Waals surface area contributed by atoms with E-state index in [1.165, 1.54) is 0 Å². The van der Waals surface area contributed by atoms with Gasteiger partial charge in [0.05, 0.1) is 5.56 Å². The van der Waals surface area contributed by atoms with E-state index in [2.05, 4.69) is 0 Å². The van der Waals surface area contributed by atoms with Gasteiger partial charge in [0.25, 0.3) is 0 Å². The second-order valence-corrected chi connectivity index (χ2v) is 4.98. The maximum atomic E-state index is 11.5. The molecule has 0 fully saturated rings.